The molecule has 288 valence electrons. The van der Waals surface area contributed by atoms with Gasteiger partial charge in [0.15, 0.2) is 0 Å². The number of rotatable bonds is 16. The van der Waals surface area contributed by atoms with E-state index in [2.05, 4.69) is 120 Å². The van der Waals surface area contributed by atoms with Crippen molar-refractivity contribution < 1.29 is 19.8 Å². The Labute approximate surface area is 312 Å². The Hall–Kier alpha value is -3.02. The summed E-state index contributed by atoms with van der Waals surface area (Å²) in [6.45, 7) is 31.7. The van der Waals surface area contributed by atoms with Crippen LogP contribution in [-0.2, 0) is 20.4 Å². The lowest BCUT2D eigenvalue weighted by Crippen LogP contribution is -2.31. The minimum Gasteiger partial charge on any atom is -0.508 e. The number of carbonyl (C=O) groups excluding carboxylic acids is 2. The van der Waals surface area contributed by atoms with E-state index in [1.807, 2.05) is 12.1 Å². The number of phenolic OH excluding ortho intramolecular Hbond substituents is 2. The Morgan fingerprint density at radius 1 is 0.569 bits per heavy atom. The molecule has 6 heteroatoms. The zero-order valence-electron chi connectivity index (χ0n) is 34.8. The molecule has 0 spiro atoms. The number of aromatic hydroxyl groups is 2. The first-order chi connectivity index (χ1) is 23.3. The van der Waals surface area contributed by atoms with E-state index in [-0.39, 0.29) is 45.3 Å². The second-order valence-electron chi connectivity index (χ2n) is 19.6. The maximum atomic E-state index is 13.3. The molecule has 51 heavy (non-hydrogen) atoms. The van der Waals surface area contributed by atoms with Gasteiger partial charge in [-0.25, -0.2) is 0 Å². The molecule has 2 amide bonds. The van der Waals surface area contributed by atoms with Crippen LogP contribution in [0.4, 0.5) is 0 Å². The number of hydrogen-bond acceptors (Lipinski definition) is 4. The molecule has 4 atom stereocenters. The number of hydrogen-bond donors (Lipinski definition) is 4. The minimum atomic E-state index is -0.208. The van der Waals surface area contributed by atoms with Crippen LogP contribution in [0.1, 0.15) is 176 Å². The summed E-state index contributed by atoms with van der Waals surface area (Å²) in [6, 6.07) is 11.7. The highest BCUT2D eigenvalue weighted by Gasteiger charge is 2.27. The summed E-state index contributed by atoms with van der Waals surface area (Å²) in [5.41, 5.74) is 3.94. The molecule has 2 rings (SSSR count). The van der Waals surface area contributed by atoms with Gasteiger partial charge < -0.3 is 20.8 Å². The number of nitrogens with one attached hydrogen (secondary N) is 2. The van der Waals surface area contributed by atoms with Crippen molar-refractivity contribution in [3.63, 3.8) is 0 Å². The lowest BCUT2D eigenvalue weighted by Gasteiger charge is -2.29. The molecule has 0 saturated carbocycles. The number of amides is 2. The summed E-state index contributed by atoms with van der Waals surface area (Å²) < 4.78 is 0. The lowest BCUT2D eigenvalue weighted by molar-refractivity contribution is -0.121. The fourth-order valence-corrected chi connectivity index (χ4v) is 6.49. The maximum Gasteiger partial charge on any atom is 0.220 e. The highest BCUT2D eigenvalue weighted by atomic mass is 16.3. The van der Waals surface area contributed by atoms with Crippen molar-refractivity contribution in [1.82, 2.24) is 10.6 Å². The Kier molecular flexibility index (Phi) is 15.7. The van der Waals surface area contributed by atoms with Gasteiger partial charge in [0.2, 0.25) is 11.8 Å². The number of benzene rings is 2. The van der Waals surface area contributed by atoms with Crippen molar-refractivity contribution in [2.24, 2.45) is 22.7 Å². The summed E-state index contributed by atoms with van der Waals surface area (Å²) >= 11 is 0. The van der Waals surface area contributed by atoms with Gasteiger partial charge in [-0.05, 0) is 112 Å². The number of phenols is 2. The third kappa shape index (κ3) is 14.5. The predicted molar refractivity (Wildman–Crippen MR) is 215 cm³/mol. The van der Waals surface area contributed by atoms with Crippen LogP contribution in [0.25, 0.3) is 0 Å². The molecule has 4 unspecified atom stereocenters. The predicted octanol–water partition coefficient (Wildman–Crippen LogP) is 10.9. The SMILES string of the molecule is CC(CCC(CC(=O)NCCCNC(=O)CC(CCC(C)C(C)(C)C)c1ccc(O)c(C(C)(C)C)c1)c1ccc(O)c(C(C)(C)C)c1)C(C)(C)C. The van der Waals surface area contributed by atoms with Crippen LogP contribution in [0, 0.1) is 22.7 Å². The maximum absolute atomic E-state index is 13.3. The zero-order chi connectivity index (χ0) is 38.9. The molecule has 0 aromatic heterocycles. The standard InChI is InChI=1S/C45H74N2O4/c1-30(42(3,4)5)16-18-34(32-20-22-38(48)36(26-32)44(9,10)11)28-40(50)46-24-15-25-47-41(51)29-35(19-17-31(2)43(6,7)8)33-21-23-39(49)37(27-33)45(12,13)14/h20-23,26-27,30-31,34-35,48-49H,15-19,24-25,28-29H2,1-14H3,(H,46,50)(H,47,51). The molecule has 0 bridgehead atoms. The second kappa shape index (κ2) is 18.1. The molecule has 0 aliphatic heterocycles. The van der Waals surface area contributed by atoms with Crippen LogP contribution in [0.3, 0.4) is 0 Å². The minimum absolute atomic E-state index is 0.00939. The first-order valence-corrected chi connectivity index (χ1v) is 19.5. The van der Waals surface area contributed by atoms with Gasteiger partial charge in [-0.2, -0.15) is 0 Å². The largest absolute Gasteiger partial charge is 0.508 e. The van der Waals surface area contributed by atoms with Crippen LogP contribution in [-0.4, -0.2) is 35.1 Å². The van der Waals surface area contributed by atoms with Gasteiger partial charge in [0.05, 0.1) is 0 Å². The van der Waals surface area contributed by atoms with Gasteiger partial charge >= 0.3 is 0 Å². The lowest BCUT2D eigenvalue weighted by atomic mass is 9.76. The molecule has 0 saturated heterocycles. The summed E-state index contributed by atoms with van der Waals surface area (Å²) in [7, 11) is 0. The molecule has 0 aliphatic carbocycles. The Morgan fingerprint density at radius 2 is 0.902 bits per heavy atom. The van der Waals surface area contributed by atoms with Gasteiger partial charge in [-0.15, -0.1) is 0 Å². The fraction of sp³-hybridized carbons (Fsp3) is 0.689. The smallest absolute Gasteiger partial charge is 0.220 e. The van der Waals surface area contributed by atoms with Crippen LogP contribution < -0.4 is 10.6 Å². The summed E-state index contributed by atoms with van der Waals surface area (Å²) in [6.07, 6.45) is 5.23. The number of carbonyl (C=O) groups is 2. The van der Waals surface area contributed by atoms with Crippen LogP contribution in [0.2, 0.25) is 0 Å². The van der Waals surface area contributed by atoms with Gasteiger partial charge in [-0.1, -0.05) is 121 Å². The van der Waals surface area contributed by atoms with Crippen molar-refractivity contribution in [2.75, 3.05) is 13.1 Å². The zero-order valence-corrected chi connectivity index (χ0v) is 34.8. The Morgan fingerprint density at radius 3 is 1.20 bits per heavy atom. The van der Waals surface area contributed by atoms with Crippen molar-refractivity contribution >= 4 is 11.8 Å². The highest BCUT2D eigenvalue weighted by Crippen LogP contribution is 2.39. The van der Waals surface area contributed by atoms with Crippen LogP contribution >= 0.6 is 0 Å². The molecule has 0 fully saturated rings. The molecule has 4 N–H and O–H groups in total. The molecule has 0 heterocycles. The average Bonchev–Trinajstić information content (AvgIpc) is 2.99. The van der Waals surface area contributed by atoms with Crippen molar-refractivity contribution in [1.29, 1.82) is 0 Å². The van der Waals surface area contributed by atoms with Crippen LogP contribution in [0.15, 0.2) is 36.4 Å². The third-order valence-corrected chi connectivity index (χ3v) is 11.3. The fourth-order valence-electron chi connectivity index (χ4n) is 6.49. The molecule has 0 aliphatic rings. The summed E-state index contributed by atoms with van der Waals surface area (Å²) in [5.74, 6) is 1.71. The van der Waals surface area contributed by atoms with Gasteiger partial charge in [0.25, 0.3) is 0 Å². The molecule has 0 radical (unpaired) electrons. The third-order valence-electron chi connectivity index (χ3n) is 11.3. The van der Waals surface area contributed by atoms with Gasteiger partial charge in [-0.3, -0.25) is 9.59 Å². The topological polar surface area (TPSA) is 98.7 Å². The molecule has 2 aromatic carbocycles. The summed E-state index contributed by atoms with van der Waals surface area (Å²) in [4.78, 5) is 26.5. The van der Waals surface area contributed by atoms with E-state index in [0.29, 0.717) is 55.7 Å². The first kappa shape index (κ1) is 44.1. The van der Waals surface area contributed by atoms with Crippen LogP contribution in [0.5, 0.6) is 11.5 Å². The molecule has 6 nitrogen and oxygen atoms in total. The highest BCUT2D eigenvalue weighted by molar-refractivity contribution is 5.77. The second-order valence-corrected chi connectivity index (χ2v) is 19.6. The normalized spacial score (nSPS) is 15.2. The van der Waals surface area contributed by atoms with E-state index in [4.69, 9.17) is 0 Å². The monoisotopic (exact) mass is 707 g/mol. The van der Waals surface area contributed by atoms with Crippen molar-refractivity contribution in [2.45, 2.75) is 165 Å². The average molecular weight is 707 g/mol. The van der Waals surface area contributed by atoms with E-state index >= 15 is 0 Å². The first-order valence-electron chi connectivity index (χ1n) is 19.5. The Bertz CT molecular complexity index is 1310. The van der Waals surface area contributed by atoms with E-state index in [9.17, 15) is 19.8 Å². The quantitative estimate of drug-likeness (QED) is 0.131. The van der Waals surface area contributed by atoms with E-state index in [1.54, 1.807) is 12.1 Å². The summed E-state index contributed by atoms with van der Waals surface area (Å²) in [5, 5.41) is 27.4. The van der Waals surface area contributed by atoms with E-state index < -0.39 is 0 Å². The molecular weight excluding hydrogens is 633 g/mol. The van der Waals surface area contributed by atoms with Gasteiger partial charge in [0.1, 0.15) is 11.5 Å². The molecule has 2 aromatic rings. The molecular formula is C45H74N2O4. The van der Waals surface area contributed by atoms with E-state index in [1.165, 1.54) is 0 Å². The van der Waals surface area contributed by atoms with Crippen molar-refractivity contribution in [3.05, 3.63) is 58.7 Å². The van der Waals surface area contributed by atoms with Crippen molar-refractivity contribution in [3.8, 4) is 11.5 Å². The Balaban J connectivity index is 2.04. The van der Waals surface area contributed by atoms with E-state index in [0.717, 1.165) is 47.9 Å². The van der Waals surface area contributed by atoms with Gasteiger partial charge in [0, 0.05) is 25.9 Å².